The number of hydrogen-bond acceptors (Lipinski definition) is 2. The van der Waals surface area contributed by atoms with Crippen LogP contribution in [0.3, 0.4) is 0 Å². The van der Waals surface area contributed by atoms with Crippen molar-refractivity contribution in [2.45, 2.75) is 25.3 Å². The van der Waals surface area contributed by atoms with Crippen LogP contribution in [0.4, 0.5) is 0 Å². The third kappa shape index (κ3) is 2.76. The van der Waals surface area contributed by atoms with Crippen molar-refractivity contribution in [2.24, 2.45) is 0 Å². The van der Waals surface area contributed by atoms with Crippen LogP contribution in [0.15, 0.2) is 12.1 Å². The SMILES string of the molecule is Oc1c(I)cc(I)cc1[C@@H]1CCCCN1. The van der Waals surface area contributed by atoms with Crippen LogP contribution in [0, 0.1) is 7.14 Å². The van der Waals surface area contributed by atoms with Gasteiger partial charge < -0.3 is 10.4 Å². The molecule has 1 aromatic carbocycles. The molecule has 0 radical (unpaired) electrons. The Hall–Kier alpha value is 0.440. The monoisotopic (exact) mass is 429 g/mol. The van der Waals surface area contributed by atoms with Crippen LogP contribution < -0.4 is 5.32 Å². The van der Waals surface area contributed by atoms with E-state index in [2.05, 4.69) is 56.6 Å². The maximum absolute atomic E-state index is 10.0. The summed E-state index contributed by atoms with van der Waals surface area (Å²) in [6.45, 7) is 1.06. The highest BCUT2D eigenvalue weighted by atomic mass is 127. The molecule has 1 aliphatic heterocycles. The van der Waals surface area contributed by atoms with E-state index < -0.39 is 0 Å². The van der Waals surface area contributed by atoms with Crippen molar-refractivity contribution in [3.63, 3.8) is 0 Å². The molecular weight excluding hydrogens is 416 g/mol. The summed E-state index contributed by atoms with van der Waals surface area (Å²) in [7, 11) is 0. The van der Waals surface area contributed by atoms with Crippen molar-refractivity contribution in [3.05, 3.63) is 24.8 Å². The number of phenols is 1. The minimum absolute atomic E-state index is 0.335. The summed E-state index contributed by atoms with van der Waals surface area (Å²) < 4.78 is 2.14. The Balaban J connectivity index is 2.33. The van der Waals surface area contributed by atoms with E-state index in [0.717, 1.165) is 22.1 Å². The number of aromatic hydroxyl groups is 1. The van der Waals surface area contributed by atoms with Crippen LogP contribution in [0.5, 0.6) is 5.75 Å². The van der Waals surface area contributed by atoms with Crippen molar-refractivity contribution in [1.29, 1.82) is 0 Å². The molecule has 1 saturated heterocycles. The average Bonchev–Trinajstić information content (AvgIpc) is 2.24. The standard InChI is InChI=1S/C11H13I2NO/c12-7-5-8(11(15)9(13)6-7)10-3-1-2-4-14-10/h5-6,10,14-15H,1-4H2/t10-/m0/s1. The predicted molar refractivity (Wildman–Crippen MR) is 78.1 cm³/mol. The van der Waals surface area contributed by atoms with Gasteiger partial charge in [-0.25, -0.2) is 0 Å². The highest BCUT2D eigenvalue weighted by Gasteiger charge is 2.19. The molecule has 2 nitrogen and oxygen atoms in total. The van der Waals surface area contributed by atoms with Crippen molar-refractivity contribution >= 4 is 45.2 Å². The molecule has 0 saturated carbocycles. The lowest BCUT2D eigenvalue weighted by molar-refractivity contribution is 0.389. The Bertz CT molecular complexity index is 362. The van der Waals surface area contributed by atoms with Gasteiger partial charge in [0, 0.05) is 15.2 Å². The number of phenolic OH excluding ortho intramolecular Hbond substituents is 1. The summed E-state index contributed by atoms with van der Waals surface area (Å²) in [6.07, 6.45) is 3.63. The fraction of sp³-hybridized carbons (Fsp3) is 0.455. The Morgan fingerprint density at radius 3 is 2.73 bits per heavy atom. The molecule has 0 bridgehead atoms. The van der Waals surface area contributed by atoms with E-state index in [1.165, 1.54) is 16.4 Å². The molecule has 0 amide bonds. The zero-order chi connectivity index (χ0) is 10.8. The Labute approximate surface area is 117 Å². The molecule has 4 heteroatoms. The minimum Gasteiger partial charge on any atom is -0.506 e. The Kier molecular flexibility index (Phi) is 4.11. The molecule has 0 aromatic heterocycles. The molecule has 2 rings (SSSR count). The maximum atomic E-state index is 10.0. The van der Waals surface area contributed by atoms with E-state index in [-0.39, 0.29) is 0 Å². The van der Waals surface area contributed by atoms with Crippen LogP contribution in [0.2, 0.25) is 0 Å². The number of benzene rings is 1. The third-order valence-electron chi connectivity index (χ3n) is 2.74. The fourth-order valence-electron chi connectivity index (χ4n) is 1.97. The van der Waals surface area contributed by atoms with Gasteiger partial charge in [-0.3, -0.25) is 0 Å². The number of nitrogens with one attached hydrogen (secondary N) is 1. The summed E-state index contributed by atoms with van der Waals surface area (Å²) >= 11 is 4.49. The van der Waals surface area contributed by atoms with E-state index in [1.54, 1.807) is 0 Å². The molecule has 1 aliphatic rings. The largest absolute Gasteiger partial charge is 0.506 e. The van der Waals surface area contributed by atoms with Gasteiger partial charge in [-0.1, -0.05) is 6.42 Å². The first-order chi connectivity index (χ1) is 7.18. The molecule has 0 unspecified atom stereocenters. The van der Waals surface area contributed by atoms with Gasteiger partial charge in [-0.05, 0) is 76.7 Å². The number of halogens is 2. The van der Waals surface area contributed by atoms with Gasteiger partial charge in [0.15, 0.2) is 0 Å². The molecule has 1 heterocycles. The van der Waals surface area contributed by atoms with Crippen LogP contribution in [0.25, 0.3) is 0 Å². The van der Waals surface area contributed by atoms with E-state index in [4.69, 9.17) is 0 Å². The minimum atomic E-state index is 0.335. The lowest BCUT2D eigenvalue weighted by Crippen LogP contribution is -2.27. The number of rotatable bonds is 1. The zero-order valence-electron chi connectivity index (χ0n) is 8.26. The average molecular weight is 429 g/mol. The van der Waals surface area contributed by atoms with Gasteiger partial charge in [0.2, 0.25) is 0 Å². The van der Waals surface area contributed by atoms with Gasteiger partial charge >= 0.3 is 0 Å². The first kappa shape index (κ1) is 11.9. The smallest absolute Gasteiger partial charge is 0.133 e. The maximum Gasteiger partial charge on any atom is 0.133 e. The Morgan fingerprint density at radius 1 is 1.27 bits per heavy atom. The normalized spacial score (nSPS) is 21.6. The van der Waals surface area contributed by atoms with Crippen LogP contribution >= 0.6 is 45.2 Å². The van der Waals surface area contributed by atoms with Crippen LogP contribution in [0.1, 0.15) is 30.9 Å². The molecule has 15 heavy (non-hydrogen) atoms. The van der Waals surface area contributed by atoms with E-state index in [0.29, 0.717) is 11.8 Å². The number of hydrogen-bond donors (Lipinski definition) is 2. The van der Waals surface area contributed by atoms with Gasteiger partial charge in [0.1, 0.15) is 5.75 Å². The quantitative estimate of drug-likeness (QED) is 0.672. The summed E-state index contributed by atoms with van der Waals surface area (Å²) in [6, 6.07) is 4.42. The van der Waals surface area contributed by atoms with E-state index in [1.807, 2.05) is 6.07 Å². The van der Waals surface area contributed by atoms with E-state index >= 15 is 0 Å². The lowest BCUT2D eigenvalue weighted by atomic mass is 9.97. The third-order valence-corrected chi connectivity index (χ3v) is 4.19. The molecule has 1 aromatic rings. The number of piperidine rings is 1. The topological polar surface area (TPSA) is 32.3 Å². The first-order valence-corrected chi connectivity index (χ1v) is 7.25. The predicted octanol–water partition coefficient (Wildman–Crippen LogP) is 3.42. The molecule has 82 valence electrons. The highest BCUT2D eigenvalue weighted by Crippen LogP contribution is 2.34. The van der Waals surface area contributed by atoms with Crippen LogP contribution in [-0.4, -0.2) is 11.7 Å². The summed E-state index contributed by atoms with van der Waals surface area (Å²) in [5.74, 6) is 0.454. The molecule has 1 atom stereocenters. The summed E-state index contributed by atoms with van der Waals surface area (Å²) in [5, 5.41) is 13.5. The molecule has 2 N–H and O–H groups in total. The van der Waals surface area contributed by atoms with Gasteiger partial charge in [0.05, 0.1) is 3.57 Å². The van der Waals surface area contributed by atoms with Crippen molar-refractivity contribution in [3.8, 4) is 5.75 Å². The molecular formula is C11H13I2NO. The molecule has 1 fully saturated rings. The lowest BCUT2D eigenvalue weighted by Gasteiger charge is -2.25. The molecule has 0 aliphatic carbocycles. The first-order valence-electron chi connectivity index (χ1n) is 5.10. The second-order valence-corrected chi connectivity index (χ2v) is 6.24. The summed E-state index contributed by atoms with van der Waals surface area (Å²) in [5.41, 5.74) is 1.06. The van der Waals surface area contributed by atoms with Crippen molar-refractivity contribution < 1.29 is 5.11 Å². The van der Waals surface area contributed by atoms with E-state index in [9.17, 15) is 5.11 Å². The second-order valence-electron chi connectivity index (χ2n) is 3.83. The van der Waals surface area contributed by atoms with Gasteiger partial charge in [-0.15, -0.1) is 0 Å². The van der Waals surface area contributed by atoms with Crippen LogP contribution in [-0.2, 0) is 0 Å². The van der Waals surface area contributed by atoms with Crippen molar-refractivity contribution in [2.75, 3.05) is 6.54 Å². The zero-order valence-corrected chi connectivity index (χ0v) is 12.6. The van der Waals surface area contributed by atoms with Gasteiger partial charge in [-0.2, -0.15) is 0 Å². The highest BCUT2D eigenvalue weighted by molar-refractivity contribution is 14.1. The summed E-state index contributed by atoms with van der Waals surface area (Å²) in [4.78, 5) is 0. The Morgan fingerprint density at radius 2 is 2.07 bits per heavy atom. The van der Waals surface area contributed by atoms with Crippen molar-refractivity contribution in [1.82, 2.24) is 5.32 Å². The second kappa shape index (κ2) is 5.18. The fourth-order valence-corrected chi connectivity index (χ4v) is 3.86. The van der Waals surface area contributed by atoms with Gasteiger partial charge in [0.25, 0.3) is 0 Å². The molecule has 0 spiro atoms.